The van der Waals surface area contributed by atoms with Gasteiger partial charge in [-0.2, -0.15) is 5.10 Å². The summed E-state index contributed by atoms with van der Waals surface area (Å²) in [4.78, 5) is 14.0. The third-order valence-electron chi connectivity index (χ3n) is 3.81. The number of nitrogens with two attached hydrogens (primary N) is 1. The second-order valence-electron chi connectivity index (χ2n) is 5.21. The summed E-state index contributed by atoms with van der Waals surface area (Å²) >= 11 is 0. The fraction of sp³-hybridized carbons (Fsp3) is 0.583. The quantitative estimate of drug-likeness (QED) is 0.350. The molecule has 0 radical (unpaired) electrons. The summed E-state index contributed by atoms with van der Waals surface area (Å²) in [7, 11) is 1.78. The van der Waals surface area contributed by atoms with Gasteiger partial charge in [-0.15, -0.1) is 0 Å². The van der Waals surface area contributed by atoms with Crippen LogP contribution in [0, 0.1) is 5.41 Å². The fourth-order valence-corrected chi connectivity index (χ4v) is 2.27. The van der Waals surface area contributed by atoms with E-state index in [0.29, 0.717) is 31.6 Å². The number of hydrogen-bond donors (Lipinski definition) is 2. The number of aromatic nitrogens is 2. The van der Waals surface area contributed by atoms with Gasteiger partial charge in [-0.1, -0.05) is 12.1 Å². The summed E-state index contributed by atoms with van der Waals surface area (Å²) in [5, 5.41) is 16.0. The Bertz CT molecular complexity index is 500. The van der Waals surface area contributed by atoms with Gasteiger partial charge in [-0.25, -0.2) is 0 Å². The lowest BCUT2D eigenvalue weighted by Crippen LogP contribution is -2.47. The van der Waals surface area contributed by atoms with Gasteiger partial charge in [-0.05, 0) is 18.9 Å². The molecule has 1 amide bonds. The number of amides is 1. The predicted octanol–water partition coefficient (Wildman–Crippen LogP) is 0.409. The number of likely N-dealkylation sites (tertiary alicyclic amines) is 1. The van der Waals surface area contributed by atoms with Crippen LogP contribution in [0.1, 0.15) is 30.3 Å². The largest absolute Gasteiger partial charge is 0.409 e. The maximum absolute atomic E-state index is 12.2. The van der Waals surface area contributed by atoms with Crippen molar-refractivity contribution in [3.8, 4) is 0 Å². The number of carbonyl (C=O) groups excluding carboxylic acids is 1. The number of aryl methyl sites for hydroxylation is 1. The maximum atomic E-state index is 12.2. The van der Waals surface area contributed by atoms with Crippen molar-refractivity contribution < 1.29 is 10.0 Å². The van der Waals surface area contributed by atoms with Gasteiger partial charge in [0, 0.05) is 31.7 Å². The molecule has 0 aliphatic carbocycles. The molecule has 1 aliphatic rings. The number of oxime groups is 1. The molecule has 7 nitrogen and oxygen atoms in total. The van der Waals surface area contributed by atoms with Crippen molar-refractivity contribution in [3.05, 3.63) is 18.0 Å². The number of nitrogens with zero attached hydrogens (tertiary/aromatic N) is 4. The molecule has 1 aromatic heterocycles. The first-order valence-electron chi connectivity index (χ1n) is 6.23. The van der Waals surface area contributed by atoms with Crippen LogP contribution in [0.15, 0.2) is 17.4 Å². The third kappa shape index (κ3) is 2.54. The van der Waals surface area contributed by atoms with Crippen molar-refractivity contribution in [2.75, 3.05) is 13.1 Å². The maximum Gasteiger partial charge on any atom is 0.274 e. The Hall–Kier alpha value is -2.05. The first kappa shape index (κ1) is 13.4. The Kier molecular flexibility index (Phi) is 3.46. The average molecular weight is 265 g/mol. The monoisotopic (exact) mass is 265 g/mol. The third-order valence-corrected chi connectivity index (χ3v) is 3.81. The average Bonchev–Trinajstić information content (AvgIpc) is 2.84. The zero-order chi connectivity index (χ0) is 14.0. The number of piperidine rings is 1. The predicted molar refractivity (Wildman–Crippen MR) is 69.9 cm³/mol. The van der Waals surface area contributed by atoms with Gasteiger partial charge in [0.05, 0.1) is 0 Å². The Morgan fingerprint density at radius 1 is 1.53 bits per heavy atom. The van der Waals surface area contributed by atoms with Crippen LogP contribution in [-0.4, -0.2) is 44.7 Å². The van der Waals surface area contributed by atoms with Crippen LogP contribution in [0.5, 0.6) is 0 Å². The second kappa shape index (κ2) is 4.91. The highest BCUT2D eigenvalue weighted by Gasteiger charge is 2.36. The molecule has 104 valence electrons. The van der Waals surface area contributed by atoms with E-state index in [1.807, 2.05) is 6.92 Å². The lowest BCUT2D eigenvalue weighted by molar-refractivity contribution is 0.0660. The van der Waals surface area contributed by atoms with E-state index in [1.165, 1.54) is 0 Å². The van der Waals surface area contributed by atoms with Gasteiger partial charge in [0.2, 0.25) is 0 Å². The molecule has 0 unspecified atom stereocenters. The lowest BCUT2D eigenvalue weighted by atomic mass is 9.79. The number of carbonyl (C=O) groups is 1. The van der Waals surface area contributed by atoms with Gasteiger partial charge >= 0.3 is 0 Å². The summed E-state index contributed by atoms with van der Waals surface area (Å²) in [6.07, 6.45) is 3.11. The minimum atomic E-state index is -0.338. The van der Waals surface area contributed by atoms with E-state index < -0.39 is 0 Å². The summed E-state index contributed by atoms with van der Waals surface area (Å²) < 4.78 is 1.61. The molecule has 0 spiro atoms. The van der Waals surface area contributed by atoms with Crippen molar-refractivity contribution in [3.63, 3.8) is 0 Å². The summed E-state index contributed by atoms with van der Waals surface area (Å²) in [5.74, 6) is 0.166. The van der Waals surface area contributed by atoms with Gasteiger partial charge in [0.1, 0.15) is 11.5 Å². The highest BCUT2D eigenvalue weighted by molar-refractivity contribution is 5.92. The standard InChI is InChI=1S/C12H19N5O2/c1-12(11(13)15-19)4-7-17(8-5-12)10(18)9-3-6-16(2)14-9/h3,6,19H,4-5,7-8H2,1-2H3,(H2,13,15). The Morgan fingerprint density at radius 2 is 2.16 bits per heavy atom. The van der Waals surface area contributed by atoms with Gasteiger partial charge in [-0.3, -0.25) is 9.48 Å². The number of hydrogen-bond acceptors (Lipinski definition) is 4. The lowest BCUT2D eigenvalue weighted by Gasteiger charge is -2.38. The summed E-state index contributed by atoms with van der Waals surface area (Å²) in [6.45, 7) is 3.12. The Balaban J connectivity index is 2.02. The first-order valence-corrected chi connectivity index (χ1v) is 6.23. The molecular weight excluding hydrogens is 246 g/mol. The van der Waals surface area contributed by atoms with E-state index in [2.05, 4.69) is 10.3 Å². The minimum absolute atomic E-state index is 0.0674. The normalized spacial score (nSPS) is 19.5. The molecule has 1 aliphatic heterocycles. The molecule has 1 fully saturated rings. The minimum Gasteiger partial charge on any atom is -0.409 e. The van der Waals surface area contributed by atoms with Gasteiger partial charge in [0.15, 0.2) is 0 Å². The van der Waals surface area contributed by atoms with E-state index in [9.17, 15) is 4.79 Å². The van der Waals surface area contributed by atoms with E-state index in [1.54, 1.807) is 28.9 Å². The fourth-order valence-electron chi connectivity index (χ4n) is 2.27. The van der Waals surface area contributed by atoms with E-state index in [4.69, 9.17) is 10.9 Å². The smallest absolute Gasteiger partial charge is 0.274 e. The summed E-state index contributed by atoms with van der Waals surface area (Å²) in [6, 6.07) is 1.71. The topological polar surface area (TPSA) is 96.7 Å². The second-order valence-corrected chi connectivity index (χ2v) is 5.21. The molecular formula is C12H19N5O2. The van der Waals surface area contributed by atoms with Crippen LogP contribution >= 0.6 is 0 Å². The number of rotatable bonds is 2. The van der Waals surface area contributed by atoms with Crippen LogP contribution in [0.3, 0.4) is 0 Å². The van der Waals surface area contributed by atoms with E-state index >= 15 is 0 Å². The number of amidine groups is 1. The summed E-state index contributed by atoms with van der Waals surface area (Å²) in [5.41, 5.74) is 5.81. The van der Waals surface area contributed by atoms with Gasteiger partial charge in [0.25, 0.3) is 5.91 Å². The molecule has 3 N–H and O–H groups in total. The zero-order valence-corrected chi connectivity index (χ0v) is 11.2. The molecule has 7 heteroatoms. The highest BCUT2D eigenvalue weighted by atomic mass is 16.4. The van der Waals surface area contributed by atoms with Crippen molar-refractivity contribution in [1.29, 1.82) is 0 Å². The van der Waals surface area contributed by atoms with Crippen molar-refractivity contribution in [2.45, 2.75) is 19.8 Å². The van der Waals surface area contributed by atoms with Crippen molar-refractivity contribution >= 4 is 11.7 Å². The SMILES string of the molecule is Cn1ccc(C(=O)N2CCC(C)(/C(N)=N/O)CC2)n1. The molecule has 19 heavy (non-hydrogen) atoms. The van der Waals surface area contributed by atoms with Crippen molar-refractivity contribution in [2.24, 2.45) is 23.4 Å². The molecule has 1 aromatic rings. The zero-order valence-electron chi connectivity index (χ0n) is 11.2. The van der Waals surface area contributed by atoms with Crippen LogP contribution < -0.4 is 5.73 Å². The Labute approximate surface area is 111 Å². The van der Waals surface area contributed by atoms with E-state index in [-0.39, 0.29) is 17.2 Å². The Morgan fingerprint density at radius 3 is 2.63 bits per heavy atom. The van der Waals surface area contributed by atoms with Crippen molar-refractivity contribution in [1.82, 2.24) is 14.7 Å². The van der Waals surface area contributed by atoms with Crippen LogP contribution in [0.25, 0.3) is 0 Å². The van der Waals surface area contributed by atoms with Crippen LogP contribution in [0.2, 0.25) is 0 Å². The highest BCUT2D eigenvalue weighted by Crippen LogP contribution is 2.31. The van der Waals surface area contributed by atoms with Crippen LogP contribution in [-0.2, 0) is 7.05 Å². The van der Waals surface area contributed by atoms with Gasteiger partial charge < -0.3 is 15.8 Å². The molecule has 2 rings (SSSR count). The van der Waals surface area contributed by atoms with E-state index in [0.717, 1.165) is 0 Å². The molecule has 0 aromatic carbocycles. The molecule has 0 bridgehead atoms. The molecule has 0 atom stereocenters. The first-order chi connectivity index (χ1) is 8.96. The van der Waals surface area contributed by atoms with Crippen LogP contribution in [0.4, 0.5) is 0 Å². The molecule has 1 saturated heterocycles. The molecule has 0 saturated carbocycles. The molecule has 2 heterocycles.